The minimum absolute atomic E-state index is 0.0359. The number of ketones is 1. The Morgan fingerprint density at radius 2 is 1.84 bits per heavy atom. The van der Waals surface area contributed by atoms with Gasteiger partial charge in [0.2, 0.25) is 0 Å². The number of Topliss-reactive ketones (excluding diaryl/α,β-unsaturated/α-hetero) is 1. The second-order valence-electron chi connectivity index (χ2n) is 7.83. The second kappa shape index (κ2) is 9.08. The van der Waals surface area contributed by atoms with Gasteiger partial charge in [0, 0.05) is 43.1 Å². The van der Waals surface area contributed by atoms with Crippen molar-refractivity contribution in [1.29, 1.82) is 0 Å². The number of ether oxygens (including phenoxy) is 4. The highest BCUT2D eigenvalue weighted by Gasteiger charge is 2.45. The Hall–Kier alpha value is -2.64. The van der Waals surface area contributed by atoms with Crippen LogP contribution in [0.15, 0.2) is 30.3 Å². The lowest BCUT2D eigenvalue weighted by atomic mass is 9.82. The van der Waals surface area contributed by atoms with Crippen molar-refractivity contribution in [3.8, 4) is 23.0 Å². The number of fused-ring (bicyclic) bond motifs is 1. The minimum Gasteiger partial charge on any atom is -0.496 e. The lowest BCUT2D eigenvalue weighted by Gasteiger charge is -2.44. The quantitative estimate of drug-likeness (QED) is 0.631. The number of rotatable bonds is 5. The van der Waals surface area contributed by atoms with E-state index in [0.717, 1.165) is 0 Å². The molecular weight excluding hydrogens is 457 g/mol. The van der Waals surface area contributed by atoms with Gasteiger partial charge in [0.15, 0.2) is 12.4 Å². The molecule has 0 aromatic heterocycles. The first-order valence-corrected chi connectivity index (χ1v) is 10.9. The number of halogens is 2. The number of piperidine rings is 1. The normalized spacial score (nSPS) is 16.9. The molecule has 1 fully saturated rings. The van der Waals surface area contributed by atoms with Gasteiger partial charge in [0.25, 0.3) is 5.91 Å². The van der Waals surface area contributed by atoms with Crippen LogP contribution in [0.4, 0.5) is 0 Å². The van der Waals surface area contributed by atoms with Crippen LogP contribution in [0.3, 0.4) is 0 Å². The molecule has 1 amide bonds. The van der Waals surface area contributed by atoms with Gasteiger partial charge in [-0.15, -0.1) is 0 Å². The first-order valence-electron chi connectivity index (χ1n) is 10.2. The van der Waals surface area contributed by atoms with E-state index in [4.69, 9.17) is 42.1 Å². The molecule has 2 heterocycles. The summed E-state index contributed by atoms with van der Waals surface area (Å²) in [6.07, 6.45) is 1.30. The SMILES string of the molecule is COc1cc(OC)c2c(c1)OC1(CCN(C(=O)COc3ccc(Cl)cc3Cl)CC1)CC2=O. The molecule has 2 aliphatic heterocycles. The maximum absolute atomic E-state index is 12.9. The summed E-state index contributed by atoms with van der Waals surface area (Å²) in [5.41, 5.74) is -0.218. The summed E-state index contributed by atoms with van der Waals surface area (Å²) in [7, 11) is 3.06. The molecule has 2 aliphatic rings. The van der Waals surface area contributed by atoms with Gasteiger partial charge in [0.1, 0.15) is 34.2 Å². The van der Waals surface area contributed by atoms with Gasteiger partial charge in [0.05, 0.1) is 25.7 Å². The minimum atomic E-state index is -0.654. The maximum atomic E-state index is 12.9. The number of carbonyl (C=O) groups is 2. The van der Waals surface area contributed by atoms with Gasteiger partial charge in [-0.3, -0.25) is 9.59 Å². The molecule has 2 aromatic carbocycles. The predicted octanol–water partition coefficient (Wildman–Crippen LogP) is 4.42. The van der Waals surface area contributed by atoms with Crippen LogP contribution >= 0.6 is 23.2 Å². The Balaban J connectivity index is 1.41. The van der Waals surface area contributed by atoms with Crippen molar-refractivity contribution in [3.63, 3.8) is 0 Å². The fourth-order valence-electron chi connectivity index (χ4n) is 4.12. The Labute approximate surface area is 196 Å². The van der Waals surface area contributed by atoms with Gasteiger partial charge in [-0.1, -0.05) is 23.2 Å². The molecule has 0 unspecified atom stereocenters. The predicted molar refractivity (Wildman–Crippen MR) is 120 cm³/mol. The zero-order chi connectivity index (χ0) is 22.9. The third-order valence-corrected chi connectivity index (χ3v) is 6.39. The fourth-order valence-corrected chi connectivity index (χ4v) is 4.58. The molecule has 1 spiro atoms. The van der Waals surface area contributed by atoms with Crippen LogP contribution in [0.5, 0.6) is 23.0 Å². The van der Waals surface area contributed by atoms with E-state index < -0.39 is 5.60 Å². The van der Waals surface area contributed by atoms with Crippen LogP contribution in [0.2, 0.25) is 10.0 Å². The van der Waals surface area contributed by atoms with E-state index in [1.165, 1.54) is 7.11 Å². The number of nitrogens with zero attached hydrogens (tertiary/aromatic N) is 1. The Morgan fingerprint density at radius 3 is 2.50 bits per heavy atom. The summed E-state index contributed by atoms with van der Waals surface area (Å²) in [5, 5.41) is 0.843. The largest absolute Gasteiger partial charge is 0.496 e. The fraction of sp³-hybridized carbons (Fsp3) is 0.391. The van der Waals surface area contributed by atoms with Crippen LogP contribution in [0.25, 0.3) is 0 Å². The van der Waals surface area contributed by atoms with Crippen LogP contribution in [-0.4, -0.2) is 56.1 Å². The van der Waals surface area contributed by atoms with Crippen molar-refractivity contribution in [3.05, 3.63) is 45.9 Å². The number of likely N-dealkylation sites (tertiary alicyclic amines) is 1. The zero-order valence-corrected chi connectivity index (χ0v) is 19.3. The highest BCUT2D eigenvalue weighted by atomic mass is 35.5. The number of carbonyl (C=O) groups excluding carboxylic acids is 2. The molecule has 0 N–H and O–H groups in total. The standard InChI is InChI=1S/C23H23Cl2NO6/c1-29-15-10-19(30-2)22-17(27)12-23(32-20(22)11-15)5-7-26(8-6-23)21(28)13-31-18-4-3-14(24)9-16(18)25/h3-4,9-11H,5-8,12-13H2,1-2H3. The van der Waals surface area contributed by atoms with Crippen molar-refractivity contribution in [2.24, 2.45) is 0 Å². The summed E-state index contributed by atoms with van der Waals surface area (Å²) in [6.45, 7) is 0.784. The molecule has 7 nitrogen and oxygen atoms in total. The Kier molecular flexibility index (Phi) is 6.40. The van der Waals surface area contributed by atoms with Crippen molar-refractivity contribution in [1.82, 2.24) is 4.90 Å². The Morgan fingerprint density at radius 1 is 1.09 bits per heavy atom. The monoisotopic (exact) mass is 479 g/mol. The van der Waals surface area contributed by atoms with Crippen LogP contribution in [0.1, 0.15) is 29.6 Å². The van der Waals surface area contributed by atoms with Gasteiger partial charge < -0.3 is 23.8 Å². The lowest BCUT2D eigenvalue weighted by molar-refractivity contribution is -0.136. The molecule has 1 saturated heterocycles. The van der Waals surface area contributed by atoms with E-state index in [0.29, 0.717) is 64.5 Å². The second-order valence-corrected chi connectivity index (χ2v) is 8.68. The number of hydrogen-bond acceptors (Lipinski definition) is 6. The highest BCUT2D eigenvalue weighted by Crippen LogP contribution is 2.44. The molecular formula is C23H23Cl2NO6. The van der Waals surface area contributed by atoms with Crippen molar-refractivity contribution < 1.29 is 28.5 Å². The van der Waals surface area contributed by atoms with E-state index in [1.807, 2.05) is 0 Å². The Bertz CT molecular complexity index is 1050. The van der Waals surface area contributed by atoms with Crippen molar-refractivity contribution in [2.75, 3.05) is 33.9 Å². The summed E-state index contributed by atoms with van der Waals surface area (Å²) in [6, 6.07) is 8.22. The number of hydrogen-bond donors (Lipinski definition) is 0. The molecule has 0 atom stereocenters. The summed E-state index contributed by atoms with van der Waals surface area (Å²) in [5.74, 6) is 1.65. The van der Waals surface area contributed by atoms with Gasteiger partial charge in [-0.25, -0.2) is 0 Å². The average molecular weight is 480 g/mol. The van der Waals surface area contributed by atoms with Crippen LogP contribution in [-0.2, 0) is 4.79 Å². The van der Waals surface area contributed by atoms with Gasteiger partial charge in [-0.2, -0.15) is 0 Å². The molecule has 0 saturated carbocycles. The molecule has 2 aromatic rings. The zero-order valence-electron chi connectivity index (χ0n) is 17.8. The number of amides is 1. The van der Waals surface area contributed by atoms with Crippen molar-refractivity contribution in [2.45, 2.75) is 24.9 Å². The van der Waals surface area contributed by atoms with E-state index in [-0.39, 0.29) is 24.7 Å². The summed E-state index contributed by atoms with van der Waals surface area (Å²) >= 11 is 12.0. The number of methoxy groups -OCH3 is 2. The highest BCUT2D eigenvalue weighted by molar-refractivity contribution is 6.35. The molecule has 9 heteroatoms. The smallest absolute Gasteiger partial charge is 0.260 e. The molecule has 0 bridgehead atoms. The summed E-state index contributed by atoms with van der Waals surface area (Å²) < 4.78 is 22.6. The van der Waals surface area contributed by atoms with Crippen LogP contribution in [0, 0.1) is 0 Å². The third kappa shape index (κ3) is 4.45. The van der Waals surface area contributed by atoms with Crippen LogP contribution < -0.4 is 18.9 Å². The molecule has 0 aliphatic carbocycles. The number of benzene rings is 2. The summed E-state index contributed by atoms with van der Waals surface area (Å²) in [4.78, 5) is 27.3. The van der Waals surface area contributed by atoms with E-state index >= 15 is 0 Å². The topological polar surface area (TPSA) is 74.3 Å². The first-order chi connectivity index (χ1) is 15.3. The molecule has 170 valence electrons. The maximum Gasteiger partial charge on any atom is 0.260 e. The first kappa shape index (κ1) is 22.6. The van der Waals surface area contributed by atoms with E-state index in [2.05, 4.69) is 0 Å². The molecule has 32 heavy (non-hydrogen) atoms. The lowest BCUT2D eigenvalue weighted by Crippen LogP contribution is -2.53. The third-order valence-electron chi connectivity index (χ3n) is 5.86. The van der Waals surface area contributed by atoms with E-state index in [9.17, 15) is 9.59 Å². The van der Waals surface area contributed by atoms with Gasteiger partial charge in [-0.05, 0) is 18.2 Å². The van der Waals surface area contributed by atoms with E-state index in [1.54, 1.807) is 42.3 Å². The average Bonchev–Trinajstić information content (AvgIpc) is 2.77. The van der Waals surface area contributed by atoms with Gasteiger partial charge >= 0.3 is 0 Å². The molecule has 0 radical (unpaired) electrons. The van der Waals surface area contributed by atoms with Crippen molar-refractivity contribution >= 4 is 34.9 Å². The molecule has 4 rings (SSSR count).